The number of piperidine rings is 1. The molecule has 1 unspecified atom stereocenters. The number of likely N-dealkylation sites (tertiary alicyclic amines) is 1. The quantitative estimate of drug-likeness (QED) is 0.706. The fourth-order valence-corrected chi connectivity index (χ4v) is 2.77. The topological polar surface area (TPSA) is 72.9 Å². The molecule has 0 aromatic heterocycles. The van der Waals surface area contributed by atoms with Gasteiger partial charge in [0.25, 0.3) is 5.91 Å². The first-order valence-corrected chi connectivity index (χ1v) is 6.91. The molecule has 2 aliphatic rings. The summed E-state index contributed by atoms with van der Waals surface area (Å²) in [5.74, 6) is 0.168. The van der Waals surface area contributed by atoms with Crippen molar-refractivity contribution in [2.75, 3.05) is 32.8 Å². The lowest BCUT2D eigenvalue weighted by Gasteiger charge is -2.32. The molecule has 2 aliphatic heterocycles. The molecule has 0 spiro atoms. The van der Waals surface area contributed by atoms with Crippen LogP contribution in [0, 0.1) is 5.92 Å². The van der Waals surface area contributed by atoms with E-state index in [1.165, 1.54) is 4.90 Å². The molecule has 2 saturated heterocycles. The van der Waals surface area contributed by atoms with Crippen molar-refractivity contribution < 1.29 is 14.7 Å². The third-order valence-corrected chi connectivity index (χ3v) is 3.95. The maximum Gasteiger partial charge on any atom is 0.325 e. The summed E-state index contributed by atoms with van der Waals surface area (Å²) >= 11 is 0. The number of carbonyl (C=O) groups excluding carboxylic acids is 2. The van der Waals surface area contributed by atoms with E-state index >= 15 is 0 Å². The van der Waals surface area contributed by atoms with E-state index in [2.05, 4.69) is 10.2 Å². The fourth-order valence-electron chi connectivity index (χ4n) is 2.77. The van der Waals surface area contributed by atoms with E-state index in [9.17, 15) is 14.7 Å². The molecular weight excluding hydrogens is 246 g/mol. The van der Waals surface area contributed by atoms with Gasteiger partial charge in [0.1, 0.15) is 5.54 Å². The van der Waals surface area contributed by atoms with Crippen LogP contribution in [0.3, 0.4) is 0 Å². The van der Waals surface area contributed by atoms with Crippen LogP contribution in [-0.4, -0.2) is 65.2 Å². The summed E-state index contributed by atoms with van der Waals surface area (Å²) in [5, 5.41) is 11.9. The van der Waals surface area contributed by atoms with Gasteiger partial charge in [0.15, 0.2) is 0 Å². The van der Waals surface area contributed by atoms with E-state index < -0.39 is 5.54 Å². The molecular formula is C13H23N3O3. The van der Waals surface area contributed by atoms with Crippen molar-refractivity contribution in [1.82, 2.24) is 15.1 Å². The van der Waals surface area contributed by atoms with Crippen molar-refractivity contribution in [2.24, 2.45) is 5.92 Å². The van der Waals surface area contributed by atoms with Gasteiger partial charge in [0.2, 0.25) is 0 Å². The summed E-state index contributed by atoms with van der Waals surface area (Å²) in [6, 6.07) is -0.300. The van der Waals surface area contributed by atoms with Crippen LogP contribution in [0.1, 0.15) is 26.7 Å². The van der Waals surface area contributed by atoms with Crippen molar-refractivity contribution >= 4 is 11.9 Å². The number of aliphatic hydroxyl groups is 1. The van der Waals surface area contributed by atoms with Gasteiger partial charge in [-0.05, 0) is 39.2 Å². The smallest absolute Gasteiger partial charge is 0.325 e. The molecule has 0 saturated carbocycles. The fraction of sp³-hybridized carbons (Fsp3) is 0.846. The molecule has 0 aromatic carbocycles. The molecule has 6 heteroatoms. The largest absolute Gasteiger partial charge is 0.396 e. The van der Waals surface area contributed by atoms with Crippen LogP contribution in [0.2, 0.25) is 0 Å². The molecule has 3 amide bonds. The third kappa shape index (κ3) is 3.06. The Labute approximate surface area is 113 Å². The van der Waals surface area contributed by atoms with E-state index in [4.69, 9.17) is 0 Å². The van der Waals surface area contributed by atoms with Gasteiger partial charge in [0.05, 0.1) is 0 Å². The van der Waals surface area contributed by atoms with E-state index in [1.54, 1.807) is 13.8 Å². The van der Waals surface area contributed by atoms with E-state index in [0.29, 0.717) is 19.0 Å². The molecule has 2 rings (SSSR count). The first-order chi connectivity index (χ1) is 8.94. The molecule has 6 nitrogen and oxygen atoms in total. The Morgan fingerprint density at radius 2 is 2.11 bits per heavy atom. The highest BCUT2D eigenvalue weighted by atomic mass is 16.3. The Bertz CT molecular complexity index is 370. The lowest BCUT2D eigenvalue weighted by molar-refractivity contribution is -0.130. The van der Waals surface area contributed by atoms with Gasteiger partial charge < -0.3 is 15.3 Å². The number of hydrogen-bond acceptors (Lipinski definition) is 4. The molecule has 2 heterocycles. The Hall–Kier alpha value is -1.14. The van der Waals surface area contributed by atoms with Crippen LogP contribution in [0.4, 0.5) is 4.79 Å². The molecule has 0 radical (unpaired) electrons. The van der Waals surface area contributed by atoms with Gasteiger partial charge in [-0.2, -0.15) is 0 Å². The number of rotatable bonds is 4. The van der Waals surface area contributed by atoms with E-state index in [0.717, 1.165) is 25.9 Å². The highest BCUT2D eigenvalue weighted by Gasteiger charge is 2.44. The van der Waals surface area contributed by atoms with Crippen LogP contribution in [0.25, 0.3) is 0 Å². The number of nitrogens with one attached hydrogen (secondary N) is 1. The van der Waals surface area contributed by atoms with Crippen molar-refractivity contribution in [2.45, 2.75) is 32.2 Å². The number of imide groups is 1. The monoisotopic (exact) mass is 269 g/mol. The predicted octanol–water partition coefficient (Wildman–Crippen LogP) is 0.0211. The van der Waals surface area contributed by atoms with Crippen molar-refractivity contribution in [3.05, 3.63) is 0 Å². The molecule has 0 aromatic rings. The summed E-state index contributed by atoms with van der Waals surface area (Å²) < 4.78 is 0. The van der Waals surface area contributed by atoms with E-state index in [-0.39, 0.29) is 18.5 Å². The van der Waals surface area contributed by atoms with E-state index in [1.807, 2.05) is 0 Å². The van der Waals surface area contributed by atoms with Gasteiger partial charge in [-0.15, -0.1) is 0 Å². The predicted molar refractivity (Wildman–Crippen MR) is 70.6 cm³/mol. The second-order valence-corrected chi connectivity index (χ2v) is 6.00. The summed E-state index contributed by atoms with van der Waals surface area (Å²) in [4.78, 5) is 27.3. The van der Waals surface area contributed by atoms with Gasteiger partial charge in [-0.25, -0.2) is 4.79 Å². The number of aliphatic hydroxyl groups excluding tert-OH is 1. The van der Waals surface area contributed by atoms with Crippen molar-refractivity contribution in [3.8, 4) is 0 Å². The van der Waals surface area contributed by atoms with Crippen LogP contribution < -0.4 is 5.32 Å². The Morgan fingerprint density at radius 1 is 1.37 bits per heavy atom. The first-order valence-electron chi connectivity index (χ1n) is 6.91. The molecule has 2 N–H and O–H groups in total. The molecule has 0 aliphatic carbocycles. The van der Waals surface area contributed by atoms with Crippen molar-refractivity contribution in [1.29, 1.82) is 0 Å². The second kappa shape index (κ2) is 5.46. The zero-order valence-electron chi connectivity index (χ0n) is 11.7. The third-order valence-electron chi connectivity index (χ3n) is 3.95. The summed E-state index contributed by atoms with van der Waals surface area (Å²) in [6.45, 7) is 6.59. The molecule has 19 heavy (non-hydrogen) atoms. The SMILES string of the molecule is CC1(C)NC(=O)N(CCN2CCCC(CO)C2)C1=O. The standard InChI is InChI=1S/C13H23N3O3/c1-13(2)11(18)16(12(19)14-13)7-6-15-5-3-4-10(8-15)9-17/h10,17H,3-9H2,1-2H3,(H,14,19). The van der Waals surface area contributed by atoms with Crippen LogP contribution >= 0.6 is 0 Å². The molecule has 2 fully saturated rings. The van der Waals surface area contributed by atoms with Gasteiger partial charge in [0, 0.05) is 26.2 Å². The minimum Gasteiger partial charge on any atom is -0.396 e. The van der Waals surface area contributed by atoms with Gasteiger partial charge in [-0.1, -0.05) is 0 Å². The lowest BCUT2D eigenvalue weighted by atomic mass is 9.99. The summed E-state index contributed by atoms with van der Waals surface area (Å²) in [5.41, 5.74) is -0.785. The van der Waals surface area contributed by atoms with Crippen molar-refractivity contribution in [3.63, 3.8) is 0 Å². The minimum atomic E-state index is -0.785. The highest BCUT2D eigenvalue weighted by Crippen LogP contribution is 2.18. The second-order valence-electron chi connectivity index (χ2n) is 6.00. The highest BCUT2D eigenvalue weighted by molar-refractivity contribution is 6.06. The average molecular weight is 269 g/mol. The summed E-state index contributed by atoms with van der Waals surface area (Å²) in [6.07, 6.45) is 2.13. The Kier molecular flexibility index (Phi) is 4.10. The van der Waals surface area contributed by atoms with Crippen LogP contribution in [0.5, 0.6) is 0 Å². The number of amides is 3. The lowest BCUT2D eigenvalue weighted by Crippen LogP contribution is -2.44. The maximum atomic E-state index is 12.0. The normalized spacial score (nSPS) is 27.7. The zero-order valence-corrected chi connectivity index (χ0v) is 11.7. The van der Waals surface area contributed by atoms with Gasteiger partial charge in [-0.3, -0.25) is 9.69 Å². The maximum absolute atomic E-state index is 12.0. The number of nitrogens with zero attached hydrogens (tertiary/aromatic N) is 2. The summed E-state index contributed by atoms with van der Waals surface area (Å²) in [7, 11) is 0. The zero-order chi connectivity index (χ0) is 14.0. The Morgan fingerprint density at radius 3 is 2.68 bits per heavy atom. The first kappa shape index (κ1) is 14.3. The average Bonchev–Trinajstić information content (AvgIpc) is 2.57. The Balaban J connectivity index is 1.85. The number of urea groups is 1. The van der Waals surface area contributed by atoms with Crippen LogP contribution in [-0.2, 0) is 4.79 Å². The minimum absolute atomic E-state index is 0.159. The van der Waals surface area contributed by atoms with Gasteiger partial charge >= 0.3 is 6.03 Å². The number of hydrogen-bond donors (Lipinski definition) is 2. The molecule has 0 bridgehead atoms. The number of carbonyl (C=O) groups is 2. The molecule has 1 atom stereocenters. The van der Waals surface area contributed by atoms with Crippen LogP contribution in [0.15, 0.2) is 0 Å². The molecule has 108 valence electrons.